The fraction of sp³-hybridized carbons (Fsp3) is 0.200. The van der Waals surface area contributed by atoms with Crippen LogP contribution in [0.1, 0.15) is 11.1 Å². The molecule has 0 saturated heterocycles. The van der Waals surface area contributed by atoms with Crippen molar-refractivity contribution in [1.29, 1.82) is 5.26 Å². The molecular formula is C10H9BrN2O2. The third-order valence-corrected chi connectivity index (χ3v) is 2.38. The second kappa shape index (κ2) is 4.80. The number of nitrogens with zero attached hydrogens (tertiary/aromatic N) is 1. The summed E-state index contributed by atoms with van der Waals surface area (Å²) in [5.41, 5.74) is 7.01. The van der Waals surface area contributed by atoms with Gasteiger partial charge in [-0.2, -0.15) is 5.26 Å². The van der Waals surface area contributed by atoms with E-state index in [1.54, 1.807) is 12.1 Å². The van der Waals surface area contributed by atoms with Gasteiger partial charge in [0.05, 0.1) is 25.2 Å². The molecule has 0 bridgehead atoms. The van der Waals surface area contributed by atoms with Crippen LogP contribution in [0.2, 0.25) is 0 Å². The van der Waals surface area contributed by atoms with Crippen LogP contribution in [0.25, 0.3) is 0 Å². The van der Waals surface area contributed by atoms with Gasteiger partial charge >= 0.3 is 5.97 Å². The lowest BCUT2D eigenvalue weighted by Gasteiger charge is -2.07. The smallest absolute Gasteiger partial charge is 0.310 e. The van der Waals surface area contributed by atoms with Crippen LogP contribution >= 0.6 is 15.9 Å². The number of halogens is 1. The number of benzene rings is 1. The van der Waals surface area contributed by atoms with Crippen molar-refractivity contribution in [2.24, 2.45) is 0 Å². The van der Waals surface area contributed by atoms with E-state index in [-0.39, 0.29) is 6.42 Å². The number of nitrogens with two attached hydrogens (primary N) is 1. The predicted molar refractivity (Wildman–Crippen MR) is 59.0 cm³/mol. The molecule has 0 aliphatic carbocycles. The van der Waals surface area contributed by atoms with E-state index < -0.39 is 5.97 Å². The number of carbonyl (C=O) groups excluding carboxylic acids is 1. The van der Waals surface area contributed by atoms with Gasteiger partial charge < -0.3 is 10.5 Å². The normalized spacial score (nSPS) is 9.40. The summed E-state index contributed by atoms with van der Waals surface area (Å²) in [5.74, 6) is -0.416. The fourth-order valence-corrected chi connectivity index (χ4v) is 1.65. The first kappa shape index (κ1) is 11.5. The van der Waals surface area contributed by atoms with Crippen LogP contribution in [-0.2, 0) is 16.0 Å². The molecule has 0 spiro atoms. The van der Waals surface area contributed by atoms with Crippen molar-refractivity contribution in [2.45, 2.75) is 6.42 Å². The topological polar surface area (TPSA) is 76.1 Å². The van der Waals surface area contributed by atoms with Gasteiger partial charge in [-0.25, -0.2) is 0 Å². The van der Waals surface area contributed by atoms with Crippen molar-refractivity contribution >= 4 is 27.6 Å². The highest BCUT2D eigenvalue weighted by molar-refractivity contribution is 9.10. The third kappa shape index (κ3) is 2.70. The maximum absolute atomic E-state index is 11.1. The van der Waals surface area contributed by atoms with Crippen LogP contribution < -0.4 is 5.73 Å². The summed E-state index contributed by atoms with van der Waals surface area (Å²) >= 11 is 3.22. The molecule has 0 fully saturated rings. The minimum Gasteiger partial charge on any atom is -0.469 e. The molecule has 0 saturated carbocycles. The Morgan fingerprint density at radius 3 is 2.87 bits per heavy atom. The molecule has 0 unspecified atom stereocenters. The average molecular weight is 269 g/mol. The van der Waals surface area contributed by atoms with Gasteiger partial charge in [-0.15, -0.1) is 0 Å². The number of anilines is 1. The van der Waals surface area contributed by atoms with E-state index in [1.807, 2.05) is 6.07 Å². The van der Waals surface area contributed by atoms with Crippen LogP contribution in [0, 0.1) is 11.3 Å². The van der Waals surface area contributed by atoms with E-state index in [0.29, 0.717) is 21.3 Å². The Bertz CT molecular complexity index is 438. The molecule has 4 nitrogen and oxygen atoms in total. The van der Waals surface area contributed by atoms with Crippen LogP contribution in [0.3, 0.4) is 0 Å². The summed E-state index contributed by atoms with van der Waals surface area (Å²) in [6.45, 7) is 0. The Kier molecular flexibility index (Phi) is 3.69. The van der Waals surface area contributed by atoms with Gasteiger partial charge in [0.25, 0.3) is 0 Å². The Labute approximate surface area is 95.8 Å². The Balaban J connectivity index is 3.17. The number of hydrogen-bond acceptors (Lipinski definition) is 4. The summed E-state index contributed by atoms with van der Waals surface area (Å²) in [7, 11) is 1.30. The number of methoxy groups -OCH3 is 1. The molecule has 1 aromatic carbocycles. The summed E-state index contributed by atoms with van der Waals surface area (Å²) in [5, 5.41) is 8.87. The number of nitrogen functional groups attached to an aromatic ring is 1. The maximum Gasteiger partial charge on any atom is 0.310 e. The van der Waals surface area contributed by atoms with Crippen LogP contribution in [0.15, 0.2) is 16.6 Å². The van der Waals surface area contributed by atoms with Gasteiger partial charge in [-0.1, -0.05) is 15.9 Å². The molecule has 1 rings (SSSR count). The van der Waals surface area contributed by atoms with E-state index in [2.05, 4.69) is 20.7 Å². The monoisotopic (exact) mass is 268 g/mol. The van der Waals surface area contributed by atoms with Crippen LogP contribution in [0.4, 0.5) is 5.69 Å². The second-order valence-corrected chi connectivity index (χ2v) is 3.80. The van der Waals surface area contributed by atoms with E-state index >= 15 is 0 Å². The fourth-order valence-electron chi connectivity index (χ4n) is 1.17. The molecule has 0 atom stereocenters. The Hall–Kier alpha value is -1.54. The molecule has 0 aliphatic rings. The van der Waals surface area contributed by atoms with Gasteiger partial charge in [0.2, 0.25) is 0 Å². The number of ether oxygens (including phenoxy) is 1. The number of rotatable bonds is 2. The largest absolute Gasteiger partial charge is 0.469 e. The van der Waals surface area contributed by atoms with Gasteiger partial charge in [0.15, 0.2) is 0 Å². The molecule has 0 aliphatic heterocycles. The first-order valence-corrected chi connectivity index (χ1v) is 4.92. The lowest BCUT2D eigenvalue weighted by atomic mass is 10.0. The highest BCUT2D eigenvalue weighted by Gasteiger charge is 2.12. The zero-order valence-corrected chi connectivity index (χ0v) is 9.67. The predicted octanol–water partition coefficient (Wildman–Crippen LogP) is 1.62. The molecule has 5 heteroatoms. The Morgan fingerprint density at radius 2 is 2.33 bits per heavy atom. The lowest BCUT2D eigenvalue weighted by Crippen LogP contribution is -2.08. The molecule has 0 aromatic heterocycles. The number of hydrogen-bond donors (Lipinski definition) is 1. The van der Waals surface area contributed by atoms with Crippen LogP contribution in [0.5, 0.6) is 0 Å². The highest BCUT2D eigenvalue weighted by Crippen LogP contribution is 2.23. The molecule has 0 amide bonds. The molecule has 78 valence electrons. The number of esters is 1. The molecule has 1 aromatic rings. The van der Waals surface area contributed by atoms with Crippen LogP contribution in [-0.4, -0.2) is 13.1 Å². The van der Waals surface area contributed by atoms with E-state index in [9.17, 15) is 4.79 Å². The molecule has 0 heterocycles. The van der Waals surface area contributed by atoms with Gasteiger partial charge in [-0.3, -0.25) is 4.79 Å². The summed E-state index contributed by atoms with van der Waals surface area (Å²) < 4.78 is 5.24. The number of nitriles is 1. The molecule has 2 N–H and O–H groups in total. The first-order chi connectivity index (χ1) is 7.08. The van der Waals surface area contributed by atoms with Crippen molar-refractivity contribution in [3.05, 3.63) is 27.7 Å². The van der Waals surface area contributed by atoms with E-state index in [4.69, 9.17) is 11.0 Å². The molecular weight excluding hydrogens is 260 g/mol. The summed E-state index contributed by atoms with van der Waals surface area (Å²) in [4.78, 5) is 11.1. The van der Waals surface area contributed by atoms with Gasteiger partial charge in [0, 0.05) is 15.7 Å². The van der Waals surface area contributed by atoms with Crippen molar-refractivity contribution in [1.82, 2.24) is 0 Å². The minimum absolute atomic E-state index is 0.0124. The first-order valence-electron chi connectivity index (χ1n) is 4.13. The third-order valence-electron chi connectivity index (χ3n) is 1.92. The lowest BCUT2D eigenvalue weighted by molar-refractivity contribution is -0.139. The quantitative estimate of drug-likeness (QED) is 0.653. The Morgan fingerprint density at radius 1 is 1.67 bits per heavy atom. The average Bonchev–Trinajstić information content (AvgIpc) is 2.21. The SMILES string of the molecule is COC(=O)Cc1c(N)cc(Br)cc1C#N. The van der Waals surface area contributed by atoms with Crippen molar-refractivity contribution in [3.63, 3.8) is 0 Å². The molecule has 15 heavy (non-hydrogen) atoms. The molecule has 0 radical (unpaired) electrons. The zero-order valence-electron chi connectivity index (χ0n) is 8.08. The zero-order chi connectivity index (χ0) is 11.4. The minimum atomic E-state index is -0.416. The summed E-state index contributed by atoms with van der Waals surface area (Å²) in [6, 6.07) is 5.26. The van der Waals surface area contributed by atoms with Gasteiger partial charge in [0.1, 0.15) is 0 Å². The second-order valence-electron chi connectivity index (χ2n) is 2.89. The van der Waals surface area contributed by atoms with E-state index in [1.165, 1.54) is 7.11 Å². The van der Waals surface area contributed by atoms with Gasteiger partial charge in [-0.05, 0) is 12.1 Å². The maximum atomic E-state index is 11.1. The summed E-state index contributed by atoms with van der Waals surface area (Å²) in [6.07, 6.45) is 0.0124. The standard InChI is InChI=1S/C10H9BrN2O2/c1-15-10(14)4-8-6(5-12)2-7(11)3-9(8)13/h2-3H,4,13H2,1H3. The highest BCUT2D eigenvalue weighted by atomic mass is 79.9. The number of carbonyl (C=O) groups is 1. The van der Waals surface area contributed by atoms with Crippen molar-refractivity contribution < 1.29 is 9.53 Å². The van der Waals surface area contributed by atoms with Crippen molar-refractivity contribution in [2.75, 3.05) is 12.8 Å². The van der Waals surface area contributed by atoms with E-state index in [0.717, 1.165) is 0 Å². The van der Waals surface area contributed by atoms with Crippen molar-refractivity contribution in [3.8, 4) is 6.07 Å².